The standard InChI is InChI=1S/C16H26N2O2/c1-3-12(4-2)18-14(19)13(11-7-8-11)17-15(20)16(18)9-5-6-10-16/h11-13H,3-10H2,1-2H3,(H,17,20). The van der Waals surface area contributed by atoms with Gasteiger partial charge in [-0.2, -0.15) is 0 Å². The van der Waals surface area contributed by atoms with Crippen molar-refractivity contribution in [3.8, 4) is 0 Å². The monoisotopic (exact) mass is 278 g/mol. The first kappa shape index (κ1) is 13.9. The van der Waals surface area contributed by atoms with Crippen LogP contribution in [0.3, 0.4) is 0 Å². The molecule has 0 aromatic rings. The van der Waals surface area contributed by atoms with E-state index in [9.17, 15) is 9.59 Å². The third kappa shape index (κ3) is 1.95. The third-order valence-electron chi connectivity index (χ3n) is 5.51. The van der Waals surface area contributed by atoms with Gasteiger partial charge in [0.2, 0.25) is 11.8 Å². The second-order valence-electron chi connectivity index (χ2n) is 6.71. The molecule has 3 fully saturated rings. The van der Waals surface area contributed by atoms with Crippen molar-refractivity contribution in [2.24, 2.45) is 5.92 Å². The van der Waals surface area contributed by atoms with E-state index in [2.05, 4.69) is 19.2 Å². The molecule has 3 aliphatic rings. The van der Waals surface area contributed by atoms with Crippen LogP contribution in [0.4, 0.5) is 0 Å². The summed E-state index contributed by atoms with van der Waals surface area (Å²) in [6.45, 7) is 4.26. The van der Waals surface area contributed by atoms with Gasteiger partial charge in [-0.05, 0) is 44.4 Å². The zero-order valence-corrected chi connectivity index (χ0v) is 12.7. The van der Waals surface area contributed by atoms with E-state index in [0.29, 0.717) is 5.92 Å². The zero-order valence-electron chi connectivity index (χ0n) is 12.7. The quantitative estimate of drug-likeness (QED) is 0.857. The van der Waals surface area contributed by atoms with E-state index >= 15 is 0 Å². The number of nitrogens with one attached hydrogen (secondary N) is 1. The Kier molecular flexibility index (Phi) is 3.51. The van der Waals surface area contributed by atoms with E-state index < -0.39 is 5.54 Å². The maximum Gasteiger partial charge on any atom is 0.246 e. The first-order valence-corrected chi connectivity index (χ1v) is 8.28. The number of carbonyl (C=O) groups is 2. The molecule has 1 unspecified atom stereocenters. The van der Waals surface area contributed by atoms with E-state index in [-0.39, 0.29) is 23.9 Å². The number of rotatable bonds is 4. The summed E-state index contributed by atoms with van der Waals surface area (Å²) >= 11 is 0. The van der Waals surface area contributed by atoms with Crippen LogP contribution >= 0.6 is 0 Å². The van der Waals surface area contributed by atoms with Gasteiger partial charge in [0.1, 0.15) is 11.6 Å². The normalized spacial score (nSPS) is 29.4. The number of nitrogens with zero attached hydrogens (tertiary/aromatic N) is 1. The Hall–Kier alpha value is -1.06. The molecule has 20 heavy (non-hydrogen) atoms. The van der Waals surface area contributed by atoms with Crippen molar-refractivity contribution in [2.75, 3.05) is 0 Å². The van der Waals surface area contributed by atoms with Crippen LogP contribution in [-0.2, 0) is 9.59 Å². The van der Waals surface area contributed by atoms with Gasteiger partial charge < -0.3 is 10.2 Å². The molecular formula is C16H26N2O2. The minimum atomic E-state index is -0.529. The minimum absolute atomic E-state index is 0.124. The van der Waals surface area contributed by atoms with Gasteiger partial charge in [0.25, 0.3) is 0 Å². The van der Waals surface area contributed by atoms with Crippen molar-refractivity contribution in [1.82, 2.24) is 10.2 Å². The second kappa shape index (κ2) is 5.05. The first-order valence-electron chi connectivity index (χ1n) is 8.28. The fourth-order valence-electron chi connectivity index (χ4n) is 4.17. The van der Waals surface area contributed by atoms with E-state index in [0.717, 1.165) is 51.4 Å². The number of hydrogen-bond acceptors (Lipinski definition) is 2. The van der Waals surface area contributed by atoms with E-state index in [1.807, 2.05) is 4.90 Å². The topological polar surface area (TPSA) is 49.4 Å². The molecular weight excluding hydrogens is 252 g/mol. The fourth-order valence-corrected chi connectivity index (χ4v) is 4.17. The molecule has 1 N–H and O–H groups in total. The van der Waals surface area contributed by atoms with Gasteiger partial charge in [0.05, 0.1) is 0 Å². The molecule has 0 radical (unpaired) electrons. The molecule has 2 saturated carbocycles. The zero-order chi connectivity index (χ0) is 14.3. The second-order valence-corrected chi connectivity index (χ2v) is 6.71. The maximum atomic E-state index is 13.0. The maximum absolute atomic E-state index is 13.0. The highest BCUT2D eigenvalue weighted by atomic mass is 16.2. The molecule has 1 aliphatic heterocycles. The molecule has 0 bridgehead atoms. The predicted octanol–water partition coefficient (Wildman–Crippen LogP) is 2.22. The van der Waals surface area contributed by atoms with E-state index in [1.54, 1.807) is 0 Å². The number of amides is 2. The summed E-state index contributed by atoms with van der Waals surface area (Å²) in [5.41, 5.74) is -0.529. The van der Waals surface area contributed by atoms with Crippen LogP contribution in [0.5, 0.6) is 0 Å². The summed E-state index contributed by atoms with van der Waals surface area (Å²) in [7, 11) is 0. The molecule has 1 saturated heterocycles. The van der Waals surface area contributed by atoms with Gasteiger partial charge in [-0.25, -0.2) is 0 Å². The van der Waals surface area contributed by atoms with Gasteiger partial charge in [-0.3, -0.25) is 9.59 Å². The molecule has 0 aromatic heterocycles. The highest BCUT2D eigenvalue weighted by Crippen LogP contribution is 2.43. The summed E-state index contributed by atoms with van der Waals surface area (Å²) < 4.78 is 0. The summed E-state index contributed by atoms with van der Waals surface area (Å²) in [6.07, 6.45) is 7.86. The Morgan fingerprint density at radius 2 is 1.80 bits per heavy atom. The Bertz CT molecular complexity index is 407. The van der Waals surface area contributed by atoms with E-state index in [4.69, 9.17) is 0 Å². The van der Waals surface area contributed by atoms with Crippen LogP contribution in [0.25, 0.3) is 0 Å². The lowest BCUT2D eigenvalue weighted by molar-refractivity contribution is -0.162. The lowest BCUT2D eigenvalue weighted by Crippen LogP contribution is -2.72. The third-order valence-corrected chi connectivity index (χ3v) is 5.51. The van der Waals surface area contributed by atoms with Crippen LogP contribution in [0, 0.1) is 5.92 Å². The average molecular weight is 278 g/mol. The molecule has 1 spiro atoms. The molecule has 2 aliphatic carbocycles. The van der Waals surface area contributed by atoms with Gasteiger partial charge >= 0.3 is 0 Å². The van der Waals surface area contributed by atoms with Crippen LogP contribution in [0.2, 0.25) is 0 Å². The van der Waals surface area contributed by atoms with Gasteiger partial charge in [0.15, 0.2) is 0 Å². The van der Waals surface area contributed by atoms with Crippen molar-refractivity contribution in [2.45, 2.75) is 82.8 Å². The van der Waals surface area contributed by atoms with Crippen LogP contribution < -0.4 is 5.32 Å². The van der Waals surface area contributed by atoms with Crippen molar-refractivity contribution >= 4 is 11.8 Å². The molecule has 4 nitrogen and oxygen atoms in total. The van der Waals surface area contributed by atoms with Crippen LogP contribution in [0.15, 0.2) is 0 Å². The number of piperazine rings is 1. The molecule has 112 valence electrons. The molecule has 2 amide bonds. The van der Waals surface area contributed by atoms with Crippen LogP contribution in [-0.4, -0.2) is 34.3 Å². The van der Waals surface area contributed by atoms with Crippen LogP contribution in [0.1, 0.15) is 65.2 Å². The van der Waals surface area contributed by atoms with Gasteiger partial charge in [-0.1, -0.05) is 26.7 Å². The summed E-state index contributed by atoms with van der Waals surface area (Å²) in [5.74, 6) is 0.711. The van der Waals surface area contributed by atoms with E-state index in [1.165, 1.54) is 0 Å². The SMILES string of the molecule is CCC(CC)N1C(=O)C(C2CC2)NC(=O)C12CCCC2. The van der Waals surface area contributed by atoms with Crippen molar-refractivity contribution in [3.63, 3.8) is 0 Å². The Balaban J connectivity index is 1.95. The molecule has 4 heteroatoms. The number of carbonyl (C=O) groups excluding carboxylic acids is 2. The molecule has 0 aromatic carbocycles. The Labute approximate surface area is 121 Å². The largest absolute Gasteiger partial charge is 0.342 e. The molecule has 1 atom stereocenters. The summed E-state index contributed by atoms with van der Waals surface area (Å²) in [6, 6.07) is -0.0257. The lowest BCUT2D eigenvalue weighted by Gasteiger charge is -2.50. The Morgan fingerprint density at radius 1 is 1.20 bits per heavy atom. The van der Waals surface area contributed by atoms with Gasteiger partial charge in [0, 0.05) is 6.04 Å². The average Bonchev–Trinajstić information content (AvgIpc) is 3.17. The molecule has 3 rings (SSSR count). The Morgan fingerprint density at radius 3 is 2.30 bits per heavy atom. The molecule has 1 heterocycles. The first-order chi connectivity index (χ1) is 9.64. The fraction of sp³-hybridized carbons (Fsp3) is 0.875. The summed E-state index contributed by atoms with van der Waals surface area (Å²) in [4.78, 5) is 27.7. The smallest absolute Gasteiger partial charge is 0.246 e. The lowest BCUT2D eigenvalue weighted by atomic mass is 9.85. The highest BCUT2D eigenvalue weighted by molar-refractivity contribution is 6.00. The number of hydrogen-bond donors (Lipinski definition) is 1. The van der Waals surface area contributed by atoms with Crippen molar-refractivity contribution in [1.29, 1.82) is 0 Å². The predicted molar refractivity (Wildman–Crippen MR) is 77.1 cm³/mol. The minimum Gasteiger partial charge on any atom is -0.342 e. The van der Waals surface area contributed by atoms with Crippen molar-refractivity contribution in [3.05, 3.63) is 0 Å². The highest BCUT2D eigenvalue weighted by Gasteiger charge is 2.57. The van der Waals surface area contributed by atoms with Crippen molar-refractivity contribution < 1.29 is 9.59 Å². The van der Waals surface area contributed by atoms with Gasteiger partial charge in [-0.15, -0.1) is 0 Å². The summed E-state index contributed by atoms with van der Waals surface area (Å²) in [5, 5.41) is 3.06.